The number of nitrogens with one attached hydrogen (secondary N) is 1. The fourth-order valence-electron chi connectivity index (χ4n) is 2.89. The number of amides is 1. The highest BCUT2D eigenvalue weighted by Crippen LogP contribution is 2.32. The molecule has 1 aliphatic heterocycles. The molecule has 0 saturated heterocycles. The molecule has 1 aliphatic carbocycles. The van der Waals surface area contributed by atoms with Gasteiger partial charge in [-0.05, 0) is 30.4 Å². The number of alkyl halides is 3. The number of hydrogen-bond acceptors (Lipinski definition) is 4. The minimum absolute atomic E-state index is 0.0318. The Kier molecular flexibility index (Phi) is 4.76. The Bertz CT molecular complexity index is 799. The van der Waals surface area contributed by atoms with Gasteiger partial charge in [0.15, 0.2) is 12.0 Å². The average Bonchev–Trinajstić information content (AvgIpc) is 2.89. The Morgan fingerprint density at radius 1 is 1.35 bits per heavy atom. The van der Waals surface area contributed by atoms with Crippen LogP contribution in [-0.4, -0.2) is 36.4 Å². The van der Waals surface area contributed by atoms with Crippen molar-refractivity contribution in [1.82, 2.24) is 10.2 Å². The second kappa shape index (κ2) is 6.86. The van der Waals surface area contributed by atoms with Gasteiger partial charge in [-0.1, -0.05) is 6.07 Å². The molecule has 1 unspecified atom stereocenters. The second-order valence-corrected chi connectivity index (χ2v) is 6.09. The van der Waals surface area contributed by atoms with Gasteiger partial charge >= 0.3 is 6.18 Å². The van der Waals surface area contributed by atoms with E-state index < -0.39 is 17.6 Å². The first-order valence-corrected chi connectivity index (χ1v) is 8.04. The highest BCUT2D eigenvalue weighted by Gasteiger charge is 2.32. The lowest BCUT2D eigenvalue weighted by atomic mass is 10.1. The van der Waals surface area contributed by atoms with E-state index in [0.29, 0.717) is 12.2 Å². The molecule has 1 heterocycles. The Hall–Kier alpha value is -2.77. The zero-order valence-corrected chi connectivity index (χ0v) is 14.0. The lowest BCUT2D eigenvalue weighted by molar-refractivity contribution is -0.137. The number of carbonyl (C=O) groups is 2. The van der Waals surface area contributed by atoms with Crippen LogP contribution in [0.2, 0.25) is 0 Å². The van der Waals surface area contributed by atoms with Crippen molar-refractivity contribution < 1.29 is 27.5 Å². The predicted octanol–water partition coefficient (Wildman–Crippen LogP) is 2.85. The van der Waals surface area contributed by atoms with Crippen LogP contribution >= 0.6 is 0 Å². The van der Waals surface area contributed by atoms with Gasteiger partial charge in [-0.25, -0.2) is 0 Å². The van der Waals surface area contributed by atoms with Gasteiger partial charge in [0.1, 0.15) is 5.76 Å². The van der Waals surface area contributed by atoms with Gasteiger partial charge in [0.25, 0.3) is 5.91 Å². The van der Waals surface area contributed by atoms with Crippen LogP contribution in [0.4, 0.5) is 13.2 Å². The monoisotopic (exact) mass is 366 g/mol. The number of rotatable bonds is 4. The van der Waals surface area contributed by atoms with E-state index >= 15 is 0 Å². The molecule has 1 N–H and O–H groups in total. The number of benzene rings is 1. The minimum atomic E-state index is -4.49. The van der Waals surface area contributed by atoms with Crippen molar-refractivity contribution >= 4 is 11.7 Å². The van der Waals surface area contributed by atoms with Gasteiger partial charge in [0.2, 0.25) is 0 Å². The highest BCUT2D eigenvalue weighted by molar-refractivity contribution is 5.94. The fourth-order valence-corrected chi connectivity index (χ4v) is 2.89. The van der Waals surface area contributed by atoms with E-state index in [1.165, 1.54) is 18.2 Å². The van der Waals surface area contributed by atoms with Gasteiger partial charge in [-0.3, -0.25) is 9.59 Å². The molecule has 0 bridgehead atoms. The van der Waals surface area contributed by atoms with Crippen LogP contribution in [0, 0.1) is 0 Å². The number of likely N-dealkylation sites (N-methyl/N-ethyl adjacent to an activating group) is 1. The number of ketones is 1. The molecule has 0 aromatic heterocycles. The van der Waals surface area contributed by atoms with Crippen LogP contribution in [0.1, 0.15) is 28.8 Å². The molecule has 2 aliphatic rings. The molecule has 1 atom stereocenters. The first-order chi connectivity index (χ1) is 12.3. The Labute approximate surface area is 148 Å². The predicted molar refractivity (Wildman–Crippen MR) is 86.8 cm³/mol. The number of ether oxygens (including phenoxy) is 1. The molecule has 5 nitrogen and oxygen atoms in total. The van der Waals surface area contributed by atoms with Crippen LogP contribution in [-0.2, 0) is 15.7 Å². The molecule has 1 amide bonds. The lowest BCUT2D eigenvalue weighted by Gasteiger charge is -2.22. The van der Waals surface area contributed by atoms with Gasteiger partial charge in [0.05, 0.1) is 17.7 Å². The van der Waals surface area contributed by atoms with Crippen LogP contribution in [0.15, 0.2) is 47.9 Å². The summed E-state index contributed by atoms with van der Waals surface area (Å²) in [5.74, 6) is -0.00518. The number of nitrogens with zero attached hydrogens (tertiary/aromatic N) is 1. The summed E-state index contributed by atoms with van der Waals surface area (Å²) >= 11 is 0. The lowest BCUT2D eigenvalue weighted by Crippen LogP contribution is -2.33. The standard InChI is InChI=1S/C18H17F3N2O3/c1-23-14-6-5-13(24)10-15(14)26-16(23)7-8-22-17(25)11-3-2-4-12(9-11)18(19,20)21/h2-6,9,16H,7-8,10H2,1H3,(H,22,25). The molecule has 0 saturated carbocycles. The molecule has 1 aromatic rings. The van der Waals surface area contributed by atoms with Crippen LogP contribution in [0.3, 0.4) is 0 Å². The molecular weight excluding hydrogens is 349 g/mol. The van der Waals surface area contributed by atoms with Gasteiger partial charge in [-0.2, -0.15) is 13.2 Å². The van der Waals surface area contributed by atoms with Crippen molar-refractivity contribution in [1.29, 1.82) is 0 Å². The molecular formula is C18H17F3N2O3. The third-order valence-electron chi connectivity index (χ3n) is 4.27. The first-order valence-electron chi connectivity index (χ1n) is 8.04. The quantitative estimate of drug-likeness (QED) is 0.890. The summed E-state index contributed by atoms with van der Waals surface area (Å²) in [5.41, 5.74) is -0.0809. The van der Waals surface area contributed by atoms with Gasteiger partial charge in [-0.15, -0.1) is 0 Å². The van der Waals surface area contributed by atoms with E-state index in [4.69, 9.17) is 4.74 Å². The van der Waals surface area contributed by atoms with Gasteiger partial charge in [0, 0.05) is 25.6 Å². The largest absolute Gasteiger partial charge is 0.472 e. The third kappa shape index (κ3) is 3.74. The van der Waals surface area contributed by atoms with E-state index in [1.807, 2.05) is 11.9 Å². The maximum absolute atomic E-state index is 12.7. The molecule has 3 rings (SSSR count). The topological polar surface area (TPSA) is 58.6 Å². The number of hydrogen-bond donors (Lipinski definition) is 1. The summed E-state index contributed by atoms with van der Waals surface area (Å²) in [5, 5.41) is 2.60. The van der Waals surface area contributed by atoms with E-state index in [9.17, 15) is 22.8 Å². The first kappa shape index (κ1) is 18.0. The second-order valence-electron chi connectivity index (χ2n) is 6.09. The molecule has 0 spiro atoms. The summed E-state index contributed by atoms with van der Waals surface area (Å²) in [6, 6.07) is 4.28. The van der Waals surface area contributed by atoms with Crippen molar-refractivity contribution in [3.05, 3.63) is 59.0 Å². The van der Waals surface area contributed by atoms with Crippen LogP contribution < -0.4 is 5.32 Å². The SMILES string of the molecule is CN1C2=C(CC(=O)C=C2)OC1CCNC(=O)c1cccc(C(F)(F)F)c1. The maximum atomic E-state index is 12.7. The summed E-state index contributed by atoms with van der Waals surface area (Å²) in [6.07, 6.45) is -0.998. The third-order valence-corrected chi connectivity index (χ3v) is 4.27. The Morgan fingerprint density at radius 3 is 2.85 bits per heavy atom. The van der Waals surface area contributed by atoms with E-state index in [1.54, 1.807) is 6.08 Å². The van der Waals surface area contributed by atoms with Crippen molar-refractivity contribution in [2.75, 3.05) is 13.6 Å². The summed E-state index contributed by atoms with van der Waals surface area (Å²) in [6.45, 7) is 0.225. The smallest absolute Gasteiger partial charge is 0.416 e. The average molecular weight is 366 g/mol. The van der Waals surface area contributed by atoms with Crippen LogP contribution in [0.25, 0.3) is 0 Å². The Balaban J connectivity index is 1.54. The number of halogens is 3. The molecule has 1 aromatic carbocycles. The summed E-state index contributed by atoms with van der Waals surface area (Å²) in [7, 11) is 1.82. The van der Waals surface area contributed by atoms with Crippen molar-refractivity contribution in [3.8, 4) is 0 Å². The molecule has 138 valence electrons. The highest BCUT2D eigenvalue weighted by atomic mass is 19.4. The van der Waals surface area contributed by atoms with E-state index in [-0.39, 0.29) is 30.5 Å². The summed E-state index contributed by atoms with van der Waals surface area (Å²) in [4.78, 5) is 25.4. The molecule has 26 heavy (non-hydrogen) atoms. The maximum Gasteiger partial charge on any atom is 0.416 e. The number of allylic oxidation sites excluding steroid dienone is 3. The van der Waals surface area contributed by atoms with E-state index in [2.05, 4.69) is 5.32 Å². The van der Waals surface area contributed by atoms with Crippen LogP contribution in [0.5, 0.6) is 0 Å². The van der Waals surface area contributed by atoms with Crippen molar-refractivity contribution in [2.24, 2.45) is 0 Å². The Morgan fingerprint density at radius 2 is 2.12 bits per heavy atom. The summed E-state index contributed by atoms with van der Waals surface area (Å²) < 4.78 is 43.9. The molecule has 8 heteroatoms. The molecule has 0 fully saturated rings. The zero-order valence-electron chi connectivity index (χ0n) is 14.0. The van der Waals surface area contributed by atoms with Gasteiger partial charge < -0.3 is 15.0 Å². The van der Waals surface area contributed by atoms with Crippen molar-refractivity contribution in [2.45, 2.75) is 25.2 Å². The minimum Gasteiger partial charge on any atom is -0.472 e. The van der Waals surface area contributed by atoms with Crippen molar-refractivity contribution in [3.63, 3.8) is 0 Å². The fraction of sp³-hybridized carbons (Fsp3) is 0.333. The zero-order chi connectivity index (χ0) is 18.9. The van der Waals surface area contributed by atoms with E-state index in [0.717, 1.165) is 17.8 Å². The normalized spacial score (nSPS) is 19.5. The molecule has 0 radical (unpaired) electrons. The number of carbonyl (C=O) groups excluding carboxylic acids is 2.